The number of hydrogen-bond donors (Lipinski definition) is 1. The standard InChI is InChI=1S/C11H17N3/c1-4-14-10(3)11(9(2)13-14)7-5-6-8-12/h4,6,8,12H2,1-3H3. The Balaban J connectivity index is 2.98. The zero-order valence-electron chi connectivity index (χ0n) is 9.09. The molecule has 0 unspecified atom stereocenters. The van der Waals surface area contributed by atoms with Gasteiger partial charge in [0.15, 0.2) is 0 Å². The van der Waals surface area contributed by atoms with Crippen molar-refractivity contribution >= 4 is 0 Å². The van der Waals surface area contributed by atoms with Crippen LogP contribution in [0.3, 0.4) is 0 Å². The number of nitrogens with zero attached hydrogens (tertiary/aromatic N) is 2. The number of hydrogen-bond acceptors (Lipinski definition) is 2. The van der Waals surface area contributed by atoms with E-state index in [4.69, 9.17) is 5.73 Å². The summed E-state index contributed by atoms with van der Waals surface area (Å²) in [6.45, 7) is 7.64. The maximum atomic E-state index is 5.38. The Kier molecular flexibility index (Phi) is 3.73. The van der Waals surface area contributed by atoms with E-state index < -0.39 is 0 Å². The summed E-state index contributed by atoms with van der Waals surface area (Å²) in [5.74, 6) is 6.17. The van der Waals surface area contributed by atoms with Crippen LogP contribution in [-0.4, -0.2) is 16.3 Å². The highest BCUT2D eigenvalue weighted by atomic mass is 15.3. The molecule has 14 heavy (non-hydrogen) atoms. The first-order chi connectivity index (χ1) is 6.70. The van der Waals surface area contributed by atoms with Crippen molar-refractivity contribution in [3.8, 4) is 11.8 Å². The molecule has 1 aromatic rings. The zero-order valence-corrected chi connectivity index (χ0v) is 9.09. The first-order valence-corrected chi connectivity index (χ1v) is 4.93. The monoisotopic (exact) mass is 191 g/mol. The minimum Gasteiger partial charge on any atom is -0.330 e. The van der Waals surface area contributed by atoms with Gasteiger partial charge in [-0.2, -0.15) is 5.10 Å². The van der Waals surface area contributed by atoms with Crippen molar-refractivity contribution in [2.24, 2.45) is 5.73 Å². The van der Waals surface area contributed by atoms with Crippen LogP contribution in [0.15, 0.2) is 0 Å². The van der Waals surface area contributed by atoms with E-state index in [2.05, 4.69) is 30.8 Å². The molecular weight excluding hydrogens is 174 g/mol. The van der Waals surface area contributed by atoms with Crippen LogP contribution in [0.2, 0.25) is 0 Å². The minimum absolute atomic E-state index is 0.618. The van der Waals surface area contributed by atoms with Crippen molar-refractivity contribution in [3.05, 3.63) is 17.0 Å². The Morgan fingerprint density at radius 1 is 1.43 bits per heavy atom. The number of nitrogens with two attached hydrogens (primary N) is 1. The quantitative estimate of drug-likeness (QED) is 0.714. The Morgan fingerprint density at radius 2 is 2.14 bits per heavy atom. The predicted octanol–water partition coefficient (Wildman–Crippen LogP) is 1.22. The average Bonchev–Trinajstić information content (AvgIpc) is 2.45. The summed E-state index contributed by atoms with van der Waals surface area (Å²) in [6, 6.07) is 0. The molecular formula is C11H17N3. The van der Waals surface area contributed by atoms with Gasteiger partial charge in [0.05, 0.1) is 17.0 Å². The molecule has 0 atom stereocenters. The van der Waals surface area contributed by atoms with Crippen LogP contribution in [0.5, 0.6) is 0 Å². The van der Waals surface area contributed by atoms with Crippen LogP contribution in [-0.2, 0) is 6.54 Å². The van der Waals surface area contributed by atoms with Crippen molar-refractivity contribution in [3.63, 3.8) is 0 Å². The average molecular weight is 191 g/mol. The summed E-state index contributed by atoms with van der Waals surface area (Å²) in [4.78, 5) is 0. The summed E-state index contributed by atoms with van der Waals surface area (Å²) < 4.78 is 1.97. The maximum Gasteiger partial charge on any atom is 0.0753 e. The van der Waals surface area contributed by atoms with Crippen molar-refractivity contribution in [2.45, 2.75) is 33.7 Å². The lowest BCUT2D eigenvalue weighted by Gasteiger charge is -1.96. The smallest absolute Gasteiger partial charge is 0.0753 e. The molecule has 1 heterocycles. The molecule has 0 aliphatic rings. The van der Waals surface area contributed by atoms with E-state index in [-0.39, 0.29) is 0 Å². The van der Waals surface area contributed by atoms with Crippen molar-refractivity contribution in [1.29, 1.82) is 0 Å². The molecule has 0 aliphatic carbocycles. The lowest BCUT2D eigenvalue weighted by atomic mass is 10.2. The second-order valence-electron chi connectivity index (χ2n) is 3.20. The summed E-state index contributed by atoms with van der Waals surface area (Å²) in [7, 11) is 0. The molecule has 0 aliphatic heterocycles. The van der Waals surface area contributed by atoms with E-state index in [9.17, 15) is 0 Å². The normalized spacial score (nSPS) is 9.71. The lowest BCUT2D eigenvalue weighted by molar-refractivity contribution is 0.634. The van der Waals surface area contributed by atoms with Gasteiger partial charge in [-0.1, -0.05) is 11.8 Å². The summed E-state index contributed by atoms with van der Waals surface area (Å²) in [6.07, 6.45) is 0.746. The van der Waals surface area contributed by atoms with Gasteiger partial charge in [-0.05, 0) is 20.8 Å². The molecule has 0 amide bonds. The molecule has 76 valence electrons. The first kappa shape index (κ1) is 10.8. The zero-order chi connectivity index (χ0) is 10.6. The summed E-state index contributed by atoms with van der Waals surface area (Å²) in [5, 5.41) is 4.39. The number of aryl methyl sites for hydroxylation is 2. The highest BCUT2D eigenvalue weighted by Crippen LogP contribution is 2.10. The second kappa shape index (κ2) is 4.83. The molecule has 0 aromatic carbocycles. The van der Waals surface area contributed by atoms with E-state index in [1.165, 1.54) is 0 Å². The molecule has 1 rings (SSSR count). The van der Waals surface area contributed by atoms with Gasteiger partial charge >= 0.3 is 0 Å². The van der Waals surface area contributed by atoms with E-state index in [0.717, 1.165) is 29.9 Å². The molecule has 0 bridgehead atoms. The third-order valence-corrected chi connectivity index (χ3v) is 2.16. The second-order valence-corrected chi connectivity index (χ2v) is 3.20. The van der Waals surface area contributed by atoms with Gasteiger partial charge in [-0.3, -0.25) is 4.68 Å². The van der Waals surface area contributed by atoms with Crippen molar-refractivity contribution in [2.75, 3.05) is 6.54 Å². The van der Waals surface area contributed by atoms with E-state index in [1.807, 2.05) is 11.6 Å². The fourth-order valence-corrected chi connectivity index (χ4v) is 1.41. The van der Waals surface area contributed by atoms with Crippen LogP contribution < -0.4 is 5.73 Å². The molecule has 0 saturated heterocycles. The number of aromatic nitrogens is 2. The van der Waals surface area contributed by atoms with Crippen molar-refractivity contribution < 1.29 is 0 Å². The third-order valence-electron chi connectivity index (χ3n) is 2.16. The number of rotatable bonds is 2. The van der Waals surface area contributed by atoms with Gasteiger partial charge < -0.3 is 5.73 Å². The van der Waals surface area contributed by atoms with Gasteiger partial charge in [0.25, 0.3) is 0 Å². The summed E-state index contributed by atoms with van der Waals surface area (Å²) >= 11 is 0. The first-order valence-electron chi connectivity index (χ1n) is 4.93. The molecule has 0 saturated carbocycles. The third kappa shape index (κ3) is 2.15. The van der Waals surface area contributed by atoms with Gasteiger partial charge in [-0.25, -0.2) is 0 Å². The predicted molar refractivity (Wildman–Crippen MR) is 57.9 cm³/mol. The Morgan fingerprint density at radius 3 is 2.64 bits per heavy atom. The van der Waals surface area contributed by atoms with E-state index >= 15 is 0 Å². The van der Waals surface area contributed by atoms with Crippen molar-refractivity contribution in [1.82, 2.24) is 9.78 Å². The maximum absolute atomic E-state index is 5.38. The molecule has 0 radical (unpaired) electrons. The van der Waals surface area contributed by atoms with E-state index in [1.54, 1.807) is 0 Å². The molecule has 3 nitrogen and oxygen atoms in total. The fraction of sp³-hybridized carbons (Fsp3) is 0.545. The van der Waals surface area contributed by atoms with Crippen LogP contribution in [0.25, 0.3) is 0 Å². The van der Waals surface area contributed by atoms with Gasteiger partial charge in [0.2, 0.25) is 0 Å². The largest absolute Gasteiger partial charge is 0.330 e. The molecule has 0 spiro atoms. The minimum atomic E-state index is 0.618. The van der Waals surface area contributed by atoms with Crippen LogP contribution >= 0.6 is 0 Å². The van der Waals surface area contributed by atoms with E-state index in [0.29, 0.717) is 6.54 Å². The van der Waals surface area contributed by atoms with Gasteiger partial charge in [-0.15, -0.1) is 0 Å². The van der Waals surface area contributed by atoms with Crippen LogP contribution in [0.4, 0.5) is 0 Å². The SMILES string of the molecule is CCn1nc(C)c(C#CCCN)c1C. The molecule has 3 heteroatoms. The van der Waals surface area contributed by atoms with Crippen LogP contribution in [0, 0.1) is 25.7 Å². The molecule has 1 aromatic heterocycles. The molecule has 0 fully saturated rings. The Bertz CT molecular complexity index is 366. The highest BCUT2D eigenvalue weighted by molar-refractivity contribution is 5.41. The highest BCUT2D eigenvalue weighted by Gasteiger charge is 2.06. The Hall–Kier alpha value is -1.27. The summed E-state index contributed by atoms with van der Waals surface area (Å²) in [5.41, 5.74) is 8.59. The molecule has 2 N–H and O–H groups in total. The fourth-order valence-electron chi connectivity index (χ4n) is 1.41. The lowest BCUT2D eigenvalue weighted by Crippen LogP contribution is -1.98. The van der Waals surface area contributed by atoms with Gasteiger partial charge in [0, 0.05) is 19.5 Å². The van der Waals surface area contributed by atoms with Crippen LogP contribution in [0.1, 0.15) is 30.3 Å². The topological polar surface area (TPSA) is 43.8 Å². The van der Waals surface area contributed by atoms with Gasteiger partial charge in [0.1, 0.15) is 0 Å². The Labute approximate surface area is 85.3 Å².